The molecule has 5 nitrogen and oxygen atoms in total. The second kappa shape index (κ2) is 6.70. The predicted octanol–water partition coefficient (Wildman–Crippen LogP) is 1.76. The topological polar surface area (TPSA) is 50.3 Å². The molecule has 0 saturated carbocycles. The maximum Gasteiger partial charge on any atom is 0.229 e. The third-order valence-electron chi connectivity index (χ3n) is 3.35. The summed E-state index contributed by atoms with van der Waals surface area (Å²) in [5, 5.41) is 3.24. The van der Waals surface area contributed by atoms with Gasteiger partial charge in [-0.2, -0.15) is 4.98 Å². The first kappa shape index (κ1) is 14.1. The summed E-state index contributed by atoms with van der Waals surface area (Å²) in [6, 6.07) is 2.40. The first-order valence-electron chi connectivity index (χ1n) is 7.14. The Balaban J connectivity index is 2.16. The van der Waals surface area contributed by atoms with Crippen LogP contribution in [0.15, 0.2) is 6.07 Å². The van der Waals surface area contributed by atoms with Crippen LogP contribution in [0, 0.1) is 6.92 Å². The van der Waals surface area contributed by atoms with Crippen LogP contribution in [-0.2, 0) is 0 Å². The number of ether oxygens (including phenoxy) is 1. The van der Waals surface area contributed by atoms with E-state index in [2.05, 4.69) is 27.1 Å². The Kier molecular flexibility index (Phi) is 4.96. The number of hydrogen-bond donors (Lipinski definition) is 1. The van der Waals surface area contributed by atoms with E-state index in [1.165, 1.54) is 12.8 Å². The molecule has 1 unspecified atom stereocenters. The van der Waals surface area contributed by atoms with Crippen molar-refractivity contribution < 1.29 is 4.74 Å². The first-order chi connectivity index (χ1) is 9.24. The molecule has 1 saturated heterocycles. The average Bonchev–Trinajstić information content (AvgIpc) is 2.84. The lowest BCUT2D eigenvalue weighted by Gasteiger charge is -2.25. The summed E-state index contributed by atoms with van der Waals surface area (Å²) < 4.78 is 5.64. The van der Waals surface area contributed by atoms with Crippen LogP contribution < -0.4 is 15.0 Å². The quantitative estimate of drug-likeness (QED) is 0.848. The molecule has 1 aliphatic rings. The van der Waals surface area contributed by atoms with Crippen molar-refractivity contribution in [1.82, 2.24) is 15.3 Å². The standard InChI is InChI=1S/C14H24N4O/c1-4-8-19-13-9-11(2)16-14(17-13)18-7-5-6-12(18)10-15-3/h9,12,15H,4-8,10H2,1-3H3. The first-order valence-corrected chi connectivity index (χ1v) is 7.14. The fourth-order valence-corrected chi connectivity index (χ4v) is 2.48. The highest BCUT2D eigenvalue weighted by Gasteiger charge is 2.26. The largest absolute Gasteiger partial charge is 0.478 e. The van der Waals surface area contributed by atoms with Crippen LogP contribution in [0.5, 0.6) is 5.88 Å². The van der Waals surface area contributed by atoms with Crippen LogP contribution in [0.25, 0.3) is 0 Å². The molecule has 1 fully saturated rings. The van der Waals surface area contributed by atoms with E-state index in [-0.39, 0.29) is 0 Å². The van der Waals surface area contributed by atoms with Crippen LogP contribution in [0.3, 0.4) is 0 Å². The molecule has 1 aliphatic heterocycles. The molecule has 106 valence electrons. The summed E-state index contributed by atoms with van der Waals surface area (Å²) in [6.45, 7) is 6.80. The van der Waals surface area contributed by atoms with Gasteiger partial charge in [0.05, 0.1) is 6.61 Å². The molecule has 0 spiro atoms. The number of anilines is 1. The SMILES string of the molecule is CCCOc1cc(C)nc(N2CCCC2CNC)n1. The number of likely N-dealkylation sites (N-methyl/N-ethyl adjacent to an activating group) is 1. The number of aromatic nitrogens is 2. The monoisotopic (exact) mass is 264 g/mol. The summed E-state index contributed by atoms with van der Waals surface area (Å²) in [4.78, 5) is 11.4. The number of nitrogens with zero attached hydrogens (tertiary/aromatic N) is 3. The number of hydrogen-bond acceptors (Lipinski definition) is 5. The van der Waals surface area contributed by atoms with E-state index in [1.807, 2.05) is 20.0 Å². The molecule has 0 amide bonds. The molecule has 0 aromatic carbocycles. The smallest absolute Gasteiger partial charge is 0.229 e. The lowest BCUT2D eigenvalue weighted by Crippen LogP contribution is -2.37. The zero-order chi connectivity index (χ0) is 13.7. The van der Waals surface area contributed by atoms with Gasteiger partial charge >= 0.3 is 0 Å². The third-order valence-corrected chi connectivity index (χ3v) is 3.35. The average molecular weight is 264 g/mol. The Labute approximate surface area is 115 Å². The summed E-state index contributed by atoms with van der Waals surface area (Å²) in [5.74, 6) is 1.50. The molecule has 19 heavy (non-hydrogen) atoms. The van der Waals surface area contributed by atoms with E-state index in [1.54, 1.807) is 0 Å². The maximum atomic E-state index is 5.64. The van der Waals surface area contributed by atoms with Crippen molar-refractivity contribution in [2.45, 2.75) is 39.2 Å². The number of aryl methyl sites for hydroxylation is 1. The van der Waals surface area contributed by atoms with Gasteiger partial charge in [-0.1, -0.05) is 6.92 Å². The molecule has 0 radical (unpaired) electrons. The van der Waals surface area contributed by atoms with Gasteiger partial charge in [-0.05, 0) is 33.2 Å². The third kappa shape index (κ3) is 3.56. The van der Waals surface area contributed by atoms with E-state index >= 15 is 0 Å². The lowest BCUT2D eigenvalue weighted by molar-refractivity contribution is 0.304. The fourth-order valence-electron chi connectivity index (χ4n) is 2.48. The molecular formula is C14H24N4O. The normalized spacial score (nSPS) is 18.9. The molecule has 0 aliphatic carbocycles. The van der Waals surface area contributed by atoms with Crippen LogP contribution in [0.2, 0.25) is 0 Å². The van der Waals surface area contributed by atoms with Gasteiger partial charge in [0, 0.05) is 30.9 Å². The minimum absolute atomic E-state index is 0.492. The molecular weight excluding hydrogens is 240 g/mol. The van der Waals surface area contributed by atoms with Gasteiger partial charge in [0.25, 0.3) is 0 Å². The minimum Gasteiger partial charge on any atom is -0.478 e. The van der Waals surface area contributed by atoms with E-state index in [0.717, 1.165) is 31.2 Å². The number of rotatable bonds is 6. The lowest BCUT2D eigenvalue weighted by atomic mass is 10.2. The second-order valence-electron chi connectivity index (χ2n) is 5.04. The zero-order valence-corrected chi connectivity index (χ0v) is 12.1. The van der Waals surface area contributed by atoms with Gasteiger partial charge in [0.15, 0.2) is 0 Å². The van der Waals surface area contributed by atoms with Crippen molar-refractivity contribution in [3.63, 3.8) is 0 Å². The van der Waals surface area contributed by atoms with Crippen LogP contribution >= 0.6 is 0 Å². The maximum absolute atomic E-state index is 5.64. The summed E-state index contributed by atoms with van der Waals surface area (Å²) >= 11 is 0. The molecule has 0 bridgehead atoms. The van der Waals surface area contributed by atoms with Crippen LogP contribution in [-0.4, -0.2) is 42.8 Å². The Bertz CT molecular complexity index is 410. The van der Waals surface area contributed by atoms with Gasteiger partial charge in [0.1, 0.15) is 0 Å². The second-order valence-corrected chi connectivity index (χ2v) is 5.04. The van der Waals surface area contributed by atoms with Gasteiger partial charge in [0.2, 0.25) is 11.8 Å². The Morgan fingerprint density at radius 3 is 3.05 bits per heavy atom. The van der Waals surface area contributed by atoms with Crippen LogP contribution in [0.4, 0.5) is 5.95 Å². The highest BCUT2D eigenvalue weighted by molar-refractivity contribution is 5.37. The van der Waals surface area contributed by atoms with E-state index in [0.29, 0.717) is 18.5 Å². The van der Waals surface area contributed by atoms with Crippen molar-refractivity contribution >= 4 is 5.95 Å². The van der Waals surface area contributed by atoms with E-state index in [4.69, 9.17) is 4.74 Å². The minimum atomic E-state index is 0.492. The van der Waals surface area contributed by atoms with Gasteiger partial charge in [-0.25, -0.2) is 4.98 Å². The zero-order valence-electron chi connectivity index (χ0n) is 12.1. The molecule has 5 heteroatoms. The van der Waals surface area contributed by atoms with Gasteiger partial charge < -0.3 is 15.0 Å². The predicted molar refractivity (Wildman–Crippen MR) is 76.8 cm³/mol. The summed E-state index contributed by atoms with van der Waals surface area (Å²) in [6.07, 6.45) is 3.39. The van der Waals surface area contributed by atoms with E-state index in [9.17, 15) is 0 Å². The van der Waals surface area contributed by atoms with Crippen molar-refractivity contribution in [3.8, 4) is 5.88 Å². The Morgan fingerprint density at radius 1 is 1.47 bits per heavy atom. The van der Waals surface area contributed by atoms with Gasteiger partial charge in [-0.3, -0.25) is 0 Å². The molecule has 1 atom stereocenters. The number of nitrogens with one attached hydrogen (secondary N) is 1. The molecule has 2 heterocycles. The van der Waals surface area contributed by atoms with Crippen molar-refractivity contribution in [3.05, 3.63) is 11.8 Å². The Morgan fingerprint density at radius 2 is 2.32 bits per heavy atom. The summed E-state index contributed by atoms with van der Waals surface area (Å²) in [5.41, 5.74) is 0.964. The molecule has 1 N–H and O–H groups in total. The van der Waals surface area contributed by atoms with Crippen LogP contribution in [0.1, 0.15) is 31.9 Å². The highest BCUT2D eigenvalue weighted by atomic mass is 16.5. The van der Waals surface area contributed by atoms with E-state index < -0.39 is 0 Å². The van der Waals surface area contributed by atoms with Crippen molar-refractivity contribution in [1.29, 1.82) is 0 Å². The highest BCUT2D eigenvalue weighted by Crippen LogP contribution is 2.24. The molecule has 1 aromatic heterocycles. The molecule has 1 aromatic rings. The van der Waals surface area contributed by atoms with Crippen molar-refractivity contribution in [2.24, 2.45) is 0 Å². The van der Waals surface area contributed by atoms with Crippen molar-refractivity contribution in [2.75, 3.05) is 31.6 Å². The molecule has 2 rings (SSSR count). The van der Waals surface area contributed by atoms with Gasteiger partial charge in [-0.15, -0.1) is 0 Å². The Hall–Kier alpha value is -1.36. The summed E-state index contributed by atoms with van der Waals surface area (Å²) in [7, 11) is 1.99. The fraction of sp³-hybridized carbons (Fsp3) is 0.714.